The van der Waals surface area contributed by atoms with Crippen LogP contribution in [0.4, 0.5) is 11.4 Å². The van der Waals surface area contributed by atoms with Gasteiger partial charge in [0, 0.05) is 48.2 Å². The first-order valence-electron chi connectivity index (χ1n) is 11.2. The Bertz CT molecular complexity index is 1210. The number of rotatable bonds is 12. The summed E-state index contributed by atoms with van der Waals surface area (Å²) in [6.45, 7) is 0.992. The smallest absolute Gasteiger partial charge is 0.305 e. The van der Waals surface area contributed by atoms with Gasteiger partial charge in [-0.3, -0.25) is 19.4 Å². The van der Waals surface area contributed by atoms with E-state index in [1.54, 1.807) is 48.8 Å². The minimum atomic E-state index is -0.673. The summed E-state index contributed by atoms with van der Waals surface area (Å²) in [5.74, 6) is -1.08. The first-order chi connectivity index (χ1) is 17.4. The number of nitrogens with one attached hydrogen (secondary N) is 1. The lowest BCUT2D eigenvalue weighted by Gasteiger charge is -2.25. The molecule has 3 N–H and O–H groups in total. The maximum absolute atomic E-state index is 13.6. The SMILES string of the molecule is COC(=O)CCCN(C(=O)c1cc(Cl)cc(OCCNc2ccncc2)c1)c1ccccc1C(N)=O. The fourth-order valence-corrected chi connectivity index (χ4v) is 3.72. The van der Waals surface area contributed by atoms with Gasteiger partial charge in [0.25, 0.3) is 11.8 Å². The average Bonchev–Trinajstić information content (AvgIpc) is 2.89. The minimum absolute atomic E-state index is 0.105. The molecule has 2 amide bonds. The molecule has 10 heteroatoms. The molecule has 3 aromatic rings. The molecule has 2 aromatic carbocycles. The second kappa shape index (κ2) is 13.1. The largest absolute Gasteiger partial charge is 0.492 e. The molecule has 0 aliphatic heterocycles. The van der Waals surface area contributed by atoms with Crippen molar-refractivity contribution in [1.82, 2.24) is 4.98 Å². The first kappa shape index (κ1) is 26.5. The molecule has 0 bridgehead atoms. The number of halogens is 1. The fourth-order valence-electron chi connectivity index (χ4n) is 3.49. The van der Waals surface area contributed by atoms with Crippen molar-refractivity contribution >= 4 is 40.8 Å². The van der Waals surface area contributed by atoms with Crippen LogP contribution in [-0.4, -0.2) is 49.6 Å². The van der Waals surface area contributed by atoms with E-state index in [0.29, 0.717) is 36.0 Å². The number of hydrogen-bond donors (Lipinski definition) is 2. The number of nitrogens with two attached hydrogens (primary N) is 1. The number of carbonyl (C=O) groups is 3. The Kier molecular flexibility index (Phi) is 9.64. The fraction of sp³-hybridized carbons (Fsp3) is 0.231. The van der Waals surface area contributed by atoms with Gasteiger partial charge in [-0.1, -0.05) is 23.7 Å². The minimum Gasteiger partial charge on any atom is -0.492 e. The standard InChI is InChI=1S/C26H27ClN4O5/c1-35-24(32)7-4-13-31(23-6-3-2-5-22(23)25(28)33)26(34)18-15-19(27)17-21(16-18)36-14-12-30-20-8-10-29-11-9-20/h2-3,5-6,8-11,15-17H,4,7,12-14H2,1H3,(H2,28,33)(H,29,30). The number of hydrogen-bond acceptors (Lipinski definition) is 7. The van der Waals surface area contributed by atoms with Crippen molar-refractivity contribution < 1.29 is 23.9 Å². The van der Waals surface area contributed by atoms with Crippen molar-refractivity contribution in [2.75, 3.05) is 37.0 Å². The van der Waals surface area contributed by atoms with E-state index < -0.39 is 17.8 Å². The van der Waals surface area contributed by atoms with Crippen LogP contribution < -0.4 is 20.7 Å². The lowest BCUT2D eigenvalue weighted by atomic mass is 10.1. The molecule has 1 heterocycles. The van der Waals surface area contributed by atoms with Gasteiger partial charge in [0.05, 0.1) is 18.4 Å². The number of ether oxygens (including phenoxy) is 2. The molecule has 0 unspecified atom stereocenters. The number of amides is 2. The van der Waals surface area contributed by atoms with Crippen molar-refractivity contribution in [3.8, 4) is 5.75 Å². The number of esters is 1. The Morgan fingerprint density at radius 3 is 2.56 bits per heavy atom. The monoisotopic (exact) mass is 510 g/mol. The number of anilines is 2. The van der Waals surface area contributed by atoms with Gasteiger partial charge < -0.3 is 25.4 Å². The van der Waals surface area contributed by atoms with E-state index in [4.69, 9.17) is 26.8 Å². The zero-order valence-electron chi connectivity index (χ0n) is 19.8. The molecule has 36 heavy (non-hydrogen) atoms. The van der Waals surface area contributed by atoms with E-state index in [2.05, 4.69) is 10.3 Å². The first-order valence-corrected chi connectivity index (χ1v) is 11.6. The molecule has 0 saturated heterocycles. The van der Waals surface area contributed by atoms with Gasteiger partial charge >= 0.3 is 5.97 Å². The van der Waals surface area contributed by atoms with Gasteiger partial charge in [0.1, 0.15) is 12.4 Å². The van der Waals surface area contributed by atoms with Gasteiger partial charge in [0.15, 0.2) is 0 Å². The van der Waals surface area contributed by atoms with E-state index in [1.807, 2.05) is 12.1 Å². The molecule has 3 rings (SSSR count). The van der Waals surface area contributed by atoms with Crippen LogP contribution in [0, 0.1) is 0 Å². The van der Waals surface area contributed by atoms with Gasteiger partial charge in [-0.2, -0.15) is 0 Å². The quantitative estimate of drug-likeness (QED) is 0.279. The second-order valence-electron chi connectivity index (χ2n) is 7.70. The third-order valence-corrected chi connectivity index (χ3v) is 5.41. The van der Waals surface area contributed by atoms with Crippen LogP contribution in [0.1, 0.15) is 33.6 Å². The topological polar surface area (TPSA) is 124 Å². The summed E-state index contributed by atoms with van der Waals surface area (Å²) in [6.07, 6.45) is 3.79. The molecule has 0 saturated carbocycles. The van der Waals surface area contributed by atoms with Crippen molar-refractivity contribution in [1.29, 1.82) is 0 Å². The number of pyridine rings is 1. The highest BCUT2D eigenvalue weighted by atomic mass is 35.5. The maximum Gasteiger partial charge on any atom is 0.305 e. The molecule has 0 radical (unpaired) electrons. The number of methoxy groups -OCH3 is 1. The molecule has 0 aliphatic rings. The number of para-hydroxylation sites is 1. The average molecular weight is 511 g/mol. The summed E-state index contributed by atoms with van der Waals surface area (Å²) >= 11 is 6.29. The van der Waals surface area contributed by atoms with Crippen LogP contribution >= 0.6 is 11.6 Å². The third kappa shape index (κ3) is 7.44. The van der Waals surface area contributed by atoms with Gasteiger partial charge in [0.2, 0.25) is 0 Å². The summed E-state index contributed by atoms with van der Waals surface area (Å²) in [5.41, 5.74) is 7.24. The Hall–Kier alpha value is -4.11. The number of nitrogens with zero attached hydrogens (tertiary/aromatic N) is 2. The predicted molar refractivity (Wildman–Crippen MR) is 138 cm³/mol. The van der Waals surface area contributed by atoms with Gasteiger partial charge in [-0.05, 0) is 48.9 Å². The summed E-state index contributed by atoms with van der Waals surface area (Å²) < 4.78 is 10.5. The molecule has 1 aromatic heterocycles. The number of carbonyl (C=O) groups excluding carboxylic acids is 3. The zero-order valence-corrected chi connectivity index (χ0v) is 20.5. The van der Waals surface area contributed by atoms with Crippen molar-refractivity contribution in [2.24, 2.45) is 5.73 Å². The molecule has 0 fully saturated rings. The lowest BCUT2D eigenvalue weighted by Crippen LogP contribution is -2.34. The van der Waals surface area contributed by atoms with E-state index in [1.165, 1.54) is 18.1 Å². The molecule has 188 valence electrons. The molecular formula is C26H27ClN4O5. The lowest BCUT2D eigenvalue weighted by molar-refractivity contribution is -0.140. The van der Waals surface area contributed by atoms with Crippen LogP contribution in [-0.2, 0) is 9.53 Å². The van der Waals surface area contributed by atoms with E-state index in [0.717, 1.165) is 5.69 Å². The second-order valence-corrected chi connectivity index (χ2v) is 8.14. The Morgan fingerprint density at radius 2 is 1.83 bits per heavy atom. The molecular weight excluding hydrogens is 484 g/mol. The molecule has 0 aliphatic carbocycles. The van der Waals surface area contributed by atoms with Crippen LogP contribution in [0.2, 0.25) is 5.02 Å². The molecule has 0 spiro atoms. The van der Waals surface area contributed by atoms with Crippen LogP contribution in [0.15, 0.2) is 67.0 Å². The highest BCUT2D eigenvalue weighted by Gasteiger charge is 2.23. The van der Waals surface area contributed by atoms with Crippen molar-refractivity contribution in [2.45, 2.75) is 12.8 Å². The van der Waals surface area contributed by atoms with E-state index >= 15 is 0 Å². The normalized spacial score (nSPS) is 10.4. The van der Waals surface area contributed by atoms with Crippen molar-refractivity contribution in [3.63, 3.8) is 0 Å². The number of benzene rings is 2. The number of primary amides is 1. The summed E-state index contributed by atoms with van der Waals surface area (Å²) in [5, 5.41) is 3.52. The van der Waals surface area contributed by atoms with E-state index in [9.17, 15) is 14.4 Å². The number of aromatic nitrogens is 1. The Morgan fingerprint density at radius 1 is 1.08 bits per heavy atom. The van der Waals surface area contributed by atoms with Gasteiger partial charge in [-0.15, -0.1) is 0 Å². The summed E-state index contributed by atoms with van der Waals surface area (Å²) in [7, 11) is 1.30. The van der Waals surface area contributed by atoms with Gasteiger partial charge in [-0.25, -0.2) is 0 Å². The highest BCUT2D eigenvalue weighted by Crippen LogP contribution is 2.27. The summed E-state index contributed by atoms with van der Waals surface area (Å²) in [4.78, 5) is 42.6. The highest BCUT2D eigenvalue weighted by molar-refractivity contribution is 6.31. The van der Waals surface area contributed by atoms with Crippen LogP contribution in [0.5, 0.6) is 5.75 Å². The molecule has 0 atom stereocenters. The van der Waals surface area contributed by atoms with Crippen molar-refractivity contribution in [3.05, 3.63) is 83.1 Å². The van der Waals surface area contributed by atoms with E-state index in [-0.39, 0.29) is 24.1 Å². The predicted octanol–water partition coefficient (Wildman–Crippen LogP) is 3.92. The zero-order chi connectivity index (χ0) is 25.9. The van der Waals surface area contributed by atoms with Crippen LogP contribution in [0.25, 0.3) is 0 Å². The molecule has 9 nitrogen and oxygen atoms in total. The summed E-state index contributed by atoms with van der Waals surface area (Å²) in [6, 6.07) is 14.9. The Labute approximate surface area is 214 Å². The maximum atomic E-state index is 13.6. The Balaban J connectivity index is 1.79. The van der Waals surface area contributed by atoms with Crippen LogP contribution in [0.3, 0.4) is 0 Å². The third-order valence-electron chi connectivity index (χ3n) is 5.19.